The second kappa shape index (κ2) is 4.26. The summed E-state index contributed by atoms with van der Waals surface area (Å²) >= 11 is 0. The van der Waals surface area contributed by atoms with Gasteiger partial charge in [0.2, 0.25) is 5.91 Å². The second-order valence-electron chi connectivity index (χ2n) is 3.63. The summed E-state index contributed by atoms with van der Waals surface area (Å²) in [5.74, 6) is 0.204. The highest BCUT2D eigenvalue weighted by molar-refractivity contribution is 5.98. The van der Waals surface area contributed by atoms with E-state index >= 15 is 0 Å². The minimum absolute atomic E-state index is 0.0385. The van der Waals surface area contributed by atoms with Crippen molar-refractivity contribution in [1.29, 1.82) is 0 Å². The molecule has 4 nitrogen and oxygen atoms in total. The molecule has 0 aliphatic carbocycles. The van der Waals surface area contributed by atoms with Gasteiger partial charge in [0.15, 0.2) is 5.96 Å². The Kier molecular flexibility index (Phi) is 3.28. The molecule has 0 aromatic rings. The molecule has 1 aliphatic heterocycles. The molecule has 1 amide bonds. The van der Waals surface area contributed by atoms with E-state index in [1.807, 2.05) is 13.0 Å². The number of hydrogen-bond donors (Lipinski definition) is 2. The first-order valence-corrected chi connectivity index (χ1v) is 4.88. The highest BCUT2D eigenvalue weighted by Gasteiger charge is 2.33. The number of guanidine groups is 1. The van der Waals surface area contributed by atoms with Crippen LogP contribution in [0, 0.1) is 0 Å². The summed E-state index contributed by atoms with van der Waals surface area (Å²) in [7, 11) is 0. The average molecular weight is 195 g/mol. The quantitative estimate of drug-likeness (QED) is 0.655. The molecule has 1 heterocycles. The largest absolute Gasteiger partial charge is 0.370 e. The van der Waals surface area contributed by atoms with Gasteiger partial charge in [-0.2, -0.15) is 0 Å². The van der Waals surface area contributed by atoms with Crippen molar-refractivity contribution in [3.63, 3.8) is 0 Å². The second-order valence-corrected chi connectivity index (χ2v) is 3.63. The van der Waals surface area contributed by atoms with Crippen molar-refractivity contribution in [3.05, 3.63) is 12.7 Å². The maximum absolute atomic E-state index is 11.3. The van der Waals surface area contributed by atoms with Crippen LogP contribution in [0.1, 0.15) is 32.6 Å². The first-order chi connectivity index (χ1) is 6.62. The number of nitrogens with zero attached hydrogens (tertiary/aromatic N) is 1. The molecule has 4 heteroatoms. The molecule has 1 atom stereocenters. The van der Waals surface area contributed by atoms with E-state index in [9.17, 15) is 4.79 Å². The normalized spacial score (nSPS) is 26.6. The zero-order valence-corrected chi connectivity index (χ0v) is 8.55. The van der Waals surface area contributed by atoms with E-state index in [0.717, 1.165) is 19.3 Å². The van der Waals surface area contributed by atoms with Crippen LogP contribution in [-0.2, 0) is 4.79 Å². The van der Waals surface area contributed by atoms with Crippen molar-refractivity contribution in [1.82, 2.24) is 5.32 Å². The minimum atomic E-state index is -0.305. The molecule has 0 fully saturated rings. The van der Waals surface area contributed by atoms with Crippen LogP contribution in [0.25, 0.3) is 0 Å². The van der Waals surface area contributed by atoms with Crippen molar-refractivity contribution < 1.29 is 4.79 Å². The lowest BCUT2D eigenvalue weighted by molar-refractivity contribution is -0.121. The molecular formula is C10H17N3O. The number of carbonyl (C=O) groups excluding carboxylic acids is 1. The molecule has 0 saturated carbocycles. The fraction of sp³-hybridized carbons (Fsp3) is 0.600. The van der Waals surface area contributed by atoms with Gasteiger partial charge in [0.25, 0.3) is 0 Å². The summed E-state index contributed by atoms with van der Waals surface area (Å²) in [5, 5.41) is 2.51. The zero-order valence-electron chi connectivity index (χ0n) is 8.55. The van der Waals surface area contributed by atoms with Crippen LogP contribution >= 0.6 is 0 Å². The summed E-state index contributed by atoms with van der Waals surface area (Å²) in [6.07, 6.45) is 4.79. The maximum atomic E-state index is 11.3. The van der Waals surface area contributed by atoms with Crippen LogP contribution in [0.2, 0.25) is 0 Å². The predicted molar refractivity (Wildman–Crippen MR) is 56.8 cm³/mol. The Labute approximate surface area is 84.3 Å². The van der Waals surface area contributed by atoms with Crippen LogP contribution in [-0.4, -0.2) is 17.4 Å². The third-order valence-corrected chi connectivity index (χ3v) is 2.59. The fourth-order valence-corrected chi connectivity index (χ4v) is 1.70. The van der Waals surface area contributed by atoms with Crippen LogP contribution in [0.15, 0.2) is 17.6 Å². The molecular weight excluding hydrogens is 178 g/mol. The topological polar surface area (TPSA) is 67.5 Å². The van der Waals surface area contributed by atoms with E-state index in [1.165, 1.54) is 0 Å². The summed E-state index contributed by atoms with van der Waals surface area (Å²) in [6, 6.07) is 0. The monoisotopic (exact) mass is 195 g/mol. The number of amides is 1. The SMILES string of the molecule is C=CCC[C@]1(CC)CC(=O)NC(N)=N1. The number of carbonyl (C=O) groups is 1. The van der Waals surface area contributed by atoms with E-state index in [-0.39, 0.29) is 17.4 Å². The highest BCUT2D eigenvalue weighted by Crippen LogP contribution is 2.28. The van der Waals surface area contributed by atoms with Crippen molar-refractivity contribution >= 4 is 11.9 Å². The van der Waals surface area contributed by atoms with Gasteiger partial charge >= 0.3 is 0 Å². The first kappa shape index (κ1) is 10.8. The Hall–Kier alpha value is -1.32. The third-order valence-electron chi connectivity index (χ3n) is 2.59. The summed E-state index contributed by atoms with van der Waals surface area (Å²) in [4.78, 5) is 15.6. The summed E-state index contributed by atoms with van der Waals surface area (Å²) < 4.78 is 0. The van der Waals surface area contributed by atoms with Crippen LogP contribution < -0.4 is 11.1 Å². The standard InChI is InChI=1S/C10H17N3O/c1-3-5-6-10(4-2)7-8(14)12-9(11)13-10/h3H,1,4-7H2,2H3,(H3,11,12,13,14)/t10-/m1/s1. The van der Waals surface area contributed by atoms with Gasteiger partial charge in [-0.3, -0.25) is 10.1 Å². The number of nitrogens with two attached hydrogens (primary N) is 1. The van der Waals surface area contributed by atoms with Gasteiger partial charge in [0.1, 0.15) is 0 Å². The average Bonchev–Trinajstić information content (AvgIpc) is 2.13. The van der Waals surface area contributed by atoms with Crippen molar-refractivity contribution in [2.75, 3.05) is 0 Å². The van der Waals surface area contributed by atoms with Gasteiger partial charge in [-0.15, -0.1) is 6.58 Å². The molecule has 3 N–H and O–H groups in total. The van der Waals surface area contributed by atoms with Crippen molar-refractivity contribution in [2.45, 2.75) is 38.1 Å². The van der Waals surface area contributed by atoms with Crippen LogP contribution in [0.4, 0.5) is 0 Å². The van der Waals surface area contributed by atoms with Gasteiger partial charge < -0.3 is 5.73 Å². The third kappa shape index (κ3) is 2.34. The molecule has 78 valence electrons. The minimum Gasteiger partial charge on any atom is -0.370 e. The van der Waals surface area contributed by atoms with Gasteiger partial charge in [0, 0.05) is 0 Å². The Morgan fingerprint density at radius 1 is 1.79 bits per heavy atom. The number of rotatable bonds is 4. The summed E-state index contributed by atoms with van der Waals surface area (Å²) in [6.45, 7) is 5.69. The van der Waals surface area contributed by atoms with E-state index in [1.54, 1.807) is 0 Å². The van der Waals surface area contributed by atoms with E-state index in [2.05, 4.69) is 16.9 Å². The van der Waals surface area contributed by atoms with E-state index < -0.39 is 0 Å². The smallest absolute Gasteiger partial charge is 0.229 e. The molecule has 1 rings (SSSR count). The predicted octanol–water partition coefficient (Wildman–Crippen LogP) is 0.936. The lowest BCUT2D eigenvalue weighted by Crippen LogP contribution is -2.48. The molecule has 0 spiro atoms. The Morgan fingerprint density at radius 3 is 3.00 bits per heavy atom. The van der Waals surface area contributed by atoms with Gasteiger partial charge in [-0.25, -0.2) is 4.99 Å². The number of aliphatic imine (C=N–C) groups is 1. The molecule has 0 saturated heterocycles. The molecule has 0 unspecified atom stereocenters. The number of allylic oxidation sites excluding steroid dienone is 1. The zero-order chi connectivity index (χ0) is 10.6. The fourth-order valence-electron chi connectivity index (χ4n) is 1.70. The van der Waals surface area contributed by atoms with Gasteiger partial charge in [-0.05, 0) is 19.3 Å². The van der Waals surface area contributed by atoms with Gasteiger partial charge in [-0.1, -0.05) is 13.0 Å². The van der Waals surface area contributed by atoms with Crippen molar-refractivity contribution in [3.8, 4) is 0 Å². The molecule has 0 aromatic heterocycles. The summed E-state index contributed by atoms with van der Waals surface area (Å²) in [5.41, 5.74) is 5.24. The molecule has 14 heavy (non-hydrogen) atoms. The number of nitrogens with one attached hydrogen (secondary N) is 1. The molecule has 0 aromatic carbocycles. The number of hydrogen-bond acceptors (Lipinski definition) is 3. The van der Waals surface area contributed by atoms with Gasteiger partial charge in [0.05, 0.1) is 12.0 Å². The van der Waals surface area contributed by atoms with E-state index in [4.69, 9.17) is 5.73 Å². The van der Waals surface area contributed by atoms with E-state index in [0.29, 0.717) is 6.42 Å². The molecule has 0 radical (unpaired) electrons. The lowest BCUT2D eigenvalue weighted by atomic mass is 9.86. The highest BCUT2D eigenvalue weighted by atomic mass is 16.1. The molecule has 1 aliphatic rings. The Balaban J connectivity index is 2.81. The maximum Gasteiger partial charge on any atom is 0.229 e. The Bertz CT molecular complexity index is 273. The first-order valence-electron chi connectivity index (χ1n) is 4.88. The van der Waals surface area contributed by atoms with Crippen molar-refractivity contribution in [2.24, 2.45) is 10.7 Å². The van der Waals surface area contributed by atoms with Crippen LogP contribution in [0.3, 0.4) is 0 Å². The molecule has 0 bridgehead atoms. The Morgan fingerprint density at radius 2 is 2.50 bits per heavy atom. The van der Waals surface area contributed by atoms with Crippen LogP contribution in [0.5, 0.6) is 0 Å². The lowest BCUT2D eigenvalue weighted by Gasteiger charge is -2.31.